The van der Waals surface area contributed by atoms with Gasteiger partial charge in [-0.1, -0.05) is 6.07 Å². The second kappa shape index (κ2) is 9.82. The number of thiophene rings is 1. The normalized spacial score (nSPS) is 18.2. The first-order chi connectivity index (χ1) is 16.1. The summed E-state index contributed by atoms with van der Waals surface area (Å²) >= 11 is 2.57. The molecule has 33 heavy (non-hydrogen) atoms. The van der Waals surface area contributed by atoms with Crippen LogP contribution >= 0.6 is 23.1 Å². The molecule has 3 aromatic heterocycles. The molecule has 0 aliphatic carbocycles. The molecular formula is C23H22N6O2S2. The molecule has 2 fully saturated rings. The van der Waals surface area contributed by atoms with E-state index in [-0.39, 0.29) is 11.1 Å². The van der Waals surface area contributed by atoms with Crippen molar-refractivity contribution in [1.29, 1.82) is 0 Å². The van der Waals surface area contributed by atoms with Crippen LogP contribution in [0.1, 0.15) is 24.2 Å². The third-order valence-electron chi connectivity index (χ3n) is 5.56. The van der Waals surface area contributed by atoms with Crippen molar-refractivity contribution in [3.63, 3.8) is 0 Å². The van der Waals surface area contributed by atoms with E-state index in [1.807, 2.05) is 6.07 Å². The Morgan fingerprint density at radius 1 is 1.15 bits per heavy atom. The molecule has 0 spiro atoms. The Morgan fingerprint density at radius 3 is 2.79 bits per heavy atom. The van der Waals surface area contributed by atoms with E-state index in [0.29, 0.717) is 22.6 Å². The van der Waals surface area contributed by atoms with Crippen molar-refractivity contribution in [1.82, 2.24) is 25.6 Å². The molecule has 3 aromatic rings. The molecule has 0 radical (unpaired) electrons. The maximum Gasteiger partial charge on any atom is 0.290 e. The maximum absolute atomic E-state index is 11.8. The van der Waals surface area contributed by atoms with E-state index in [2.05, 4.69) is 54.5 Å². The number of carbonyl (C=O) groups is 2. The molecular weight excluding hydrogens is 456 g/mol. The van der Waals surface area contributed by atoms with Crippen molar-refractivity contribution >= 4 is 46.3 Å². The number of piperidine rings is 1. The number of amides is 2. The van der Waals surface area contributed by atoms with E-state index in [9.17, 15) is 9.59 Å². The number of anilines is 1. The number of hydrogen-bond acceptors (Lipinski definition) is 9. The Labute approximate surface area is 199 Å². The van der Waals surface area contributed by atoms with E-state index in [4.69, 9.17) is 4.98 Å². The Kier molecular flexibility index (Phi) is 6.47. The van der Waals surface area contributed by atoms with Crippen LogP contribution in [0.15, 0.2) is 52.2 Å². The predicted molar refractivity (Wildman–Crippen MR) is 131 cm³/mol. The van der Waals surface area contributed by atoms with Crippen LogP contribution in [0.3, 0.4) is 0 Å². The zero-order valence-electron chi connectivity index (χ0n) is 17.7. The molecule has 168 valence electrons. The van der Waals surface area contributed by atoms with Crippen LogP contribution in [0.25, 0.3) is 17.3 Å². The molecule has 2 N–H and O–H groups in total. The Balaban J connectivity index is 1.16. The first-order valence-electron chi connectivity index (χ1n) is 10.7. The van der Waals surface area contributed by atoms with Crippen LogP contribution in [0.5, 0.6) is 0 Å². The second-order valence-electron chi connectivity index (χ2n) is 7.80. The summed E-state index contributed by atoms with van der Waals surface area (Å²) < 4.78 is 0. The van der Waals surface area contributed by atoms with Crippen LogP contribution < -0.4 is 15.5 Å². The van der Waals surface area contributed by atoms with Gasteiger partial charge in [0.15, 0.2) is 0 Å². The van der Waals surface area contributed by atoms with Gasteiger partial charge in [0.25, 0.3) is 11.1 Å². The number of thioether (sulfide) groups is 1. The molecule has 2 aliphatic rings. The molecule has 2 saturated heterocycles. The minimum atomic E-state index is -0.382. The first kappa shape index (κ1) is 21.7. The molecule has 0 aromatic carbocycles. The molecule has 0 atom stereocenters. The predicted octanol–water partition coefficient (Wildman–Crippen LogP) is 3.68. The quantitative estimate of drug-likeness (QED) is 0.518. The lowest BCUT2D eigenvalue weighted by Crippen LogP contribution is -2.43. The SMILES string of the molecule is O=C1NC(=O)C(=Cc2ccnc(N3CCC(NCc4cccc(-c5ccsc5)n4)CC3)n2)S1. The van der Waals surface area contributed by atoms with Crippen LogP contribution in [-0.2, 0) is 11.3 Å². The Bertz CT molecular complexity index is 1190. The average Bonchev–Trinajstić information content (AvgIpc) is 3.48. The summed E-state index contributed by atoms with van der Waals surface area (Å²) in [7, 11) is 0. The van der Waals surface area contributed by atoms with Crippen LogP contribution in [0, 0.1) is 0 Å². The minimum absolute atomic E-state index is 0.351. The number of nitrogens with one attached hydrogen (secondary N) is 2. The maximum atomic E-state index is 11.8. The van der Waals surface area contributed by atoms with Crippen molar-refractivity contribution < 1.29 is 9.59 Å². The minimum Gasteiger partial charge on any atom is -0.341 e. The number of aromatic nitrogens is 3. The van der Waals surface area contributed by atoms with Crippen LogP contribution in [-0.4, -0.2) is 45.2 Å². The van der Waals surface area contributed by atoms with Crippen LogP contribution in [0.2, 0.25) is 0 Å². The fraction of sp³-hybridized carbons (Fsp3) is 0.261. The highest BCUT2D eigenvalue weighted by atomic mass is 32.2. The highest BCUT2D eigenvalue weighted by molar-refractivity contribution is 8.18. The fourth-order valence-electron chi connectivity index (χ4n) is 3.83. The third-order valence-corrected chi connectivity index (χ3v) is 7.05. The van der Waals surface area contributed by atoms with Gasteiger partial charge in [0.2, 0.25) is 5.95 Å². The Morgan fingerprint density at radius 2 is 2.03 bits per heavy atom. The van der Waals surface area contributed by atoms with Crippen LogP contribution in [0.4, 0.5) is 10.7 Å². The van der Waals surface area contributed by atoms with E-state index < -0.39 is 0 Å². The van der Waals surface area contributed by atoms with Crippen molar-refractivity contribution in [2.75, 3.05) is 18.0 Å². The Hall–Kier alpha value is -3.08. The zero-order valence-corrected chi connectivity index (χ0v) is 19.4. The lowest BCUT2D eigenvalue weighted by Gasteiger charge is -2.32. The van der Waals surface area contributed by atoms with Crippen molar-refractivity contribution in [2.45, 2.75) is 25.4 Å². The molecule has 10 heteroatoms. The number of imide groups is 1. The van der Waals surface area contributed by atoms with E-state index in [1.54, 1.807) is 29.7 Å². The van der Waals surface area contributed by atoms with Crippen molar-refractivity contribution in [3.8, 4) is 11.3 Å². The largest absolute Gasteiger partial charge is 0.341 e. The average molecular weight is 479 g/mol. The topological polar surface area (TPSA) is 100 Å². The van der Waals surface area contributed by atoms with Crippen molar-refractivity contribution in [2.24, 2.45) is 0 Å². The van der Waals surface area contributed by atoms with Gasteiger partial charge < -0.3 is 10.2 Å². The number of pyridine rings is 1. The summed E-state index contributed by atoms with van der Waals surface area (Å²) in [4.78, 5) is 39.4. The highest BCUT2D eigenvalue weighted by Gasteiger charge is 2.25. The lowest BCUT2D eigenvalue weighted by atomic mass is 10.1. The molecule has 5 heterocycles. The van der Waals surface area contributed by atoms with Gasteiger partial charge in [0.1, 0.15) is 0 Å². The summed E-state index contributed by atoms with van der Waals surface area (Å²) in [5.74, 6) is 0.259. The van der Waals surface area contributed by atoms with Gasteiger partial charge in [0.05, 0.1) is 22.0 Å². The molecule has 2 aliphatic heterocycles. The number of rotatable bonds is 6. The fourth-order valence-corrected chi connectivity index (χ4v) is 5.15. The number of hydrogen-bond donors (Lipinski definition) is 2. The molecule has 2 amide bonds. The standard InChI is InChI=1S/C23H22N6O2S2/c30-21-20(33-23(31)28-21)12-17-4-8-24-22(27-17)29-9-5-16(6-10-29)25-13-18-2-1-3-19(26-18)15-7-11-32-14-15/h1-4,7-8,11-12,14,16,25H,5-6,9-10,13H2,(H,28,30,31). The molecule has 0 saturated carbocycles. The first-order valence-corrected chi connectivity index (χ1v) is 12.4. The molecule has 0 unspecified atom stereocenters. The highest BCUT2D eigenvalue weighted by Crippen LogP contribution is 2.26. The molecule has 0 bridgehead atoms. The smallest absolute Gasteiger partial charge is 0.290 e. The monoisotopic (exact) mass is 478 g/mol. The summed E-state index contributed by atoms with van der Waals surface area (Å²) in [6, 6.07) is 10.4. The number of carbonyl (C=O) groups excluding carboxylic acids is 2. The summed E-state index contributed by atoms with van der Waals surface area (Å²) in [5, 5.41) is 9.71. The van der Waals surface area contributed by atoms with Gasteiger partial charge in [-0.05, 0) is 60.3 Å². The van der Waals surface area contributed by atoms with Gasteiger partial charge in [0, 0.05) is 42.8 Å². The molecule has 5 rings (SSSR count). The van der Waals surface area contributed by atoms with Gasteiger partial charge in [-0.3, -0.25) is 19.9 Å². The van der Waals surface area contributed by atoms with Gasteiger partial charge in [-0.15, -0.1) is 0 Å². The van der Waals surface area contributed by atoms with Crippen molar-refractivity contribution in [3.05, 3.63) is 63.6 Å². The second-order valence-corrected chi connectivity index (χ2v) is 9.60. The summed E-state index contributed by atoms with van der Waals surface area (Å²) in [6.07, 6.45) is 5.27. The van der Waals surface area contributed by atoms with E-state index in [1.165, 1.54) is 0 Å². The summed E-state index contributed by atoms with van der Waals surface area (Å²) in [6.45, 7) is 2.42. The molecule has 8 nitrogen and oxygen atoms in total. The van der Waals surface area contributed by atoms with E-state index >= 15 is 0 Å². The lowest BCUT2D eigenvalue weighted by molar-refractivity contribution is -0.115. The van der Waals surface area contributed by atoms with E-state index in [0.717, 1.165) is 61.2 Å². The summed E-state index contributed by atoms with van der Waals surface area (Å²) in [5.41, 5.74) is 3.82. The number of nitrogens with zero attached hydrogens (tertiary/aromatic N) is 4. The van der Waals surface area contributed by atoms with Gasteiger partial charge >= 0.3 is 0 Å². The third kappa shape index (κ3) is 5.29. The zero-order chi connectivity index (χ0) is 22.6. The van der Waals surface area contributed by atoms with Gasteiger partial charge in [-0.2, -0.15) is 11.3 Å². The van der Waals surface area contributed by atoms with Gasteiger partial charge in [-0.25, -0.2) is 9.97 Å².